The summed E-state index contributed by atoms with van der Waals surface area (Å²) in [6.45, 7) is 0.540. The minimum Gasteiger partial charge on any atom is -0.383 e. The highest BCUT2D eigenvalue weighted by Crippen LogP contribution is 2.25. The summed E-state index contributed by atoms with van der Waals surface area (Å²) in [5.74, 6) is -1.26. The molecule has 26 heavy (non-hydrogen) atoms. The van der Waals surface area contributed by atoms with Crippen LogP contribution in [0.4, 0.5) is 5.69 Å². The maximum Gasteiger partial charge on any atom is 0.261 e. The topological polar surface area (TPSA) is 86.8 Å². The standard InChI is InChI=1S/C19H15N3O4/c1-21-16(23)14-7-6-11(10-15(14)17(21)24)20-8-9-22-18(25)12-4-2-3-5-13(12)19(22)26/h2-7,10,20H,8-9H2,1H3. The van der Waals surface area contributed by atoms with E-state index in [1.807, 2.05) is 0 Å². The average molecular weight is 349 g/mol. The molecular weight excluding hydrogens is 334 g/mol. The molecule has 130 valence electrons. The number of amides is 4. The summed E-state index contributed by atoms with van der Waals surface area (Å²) in [7, 11) is 1.44. The summed E-state index contributed by atoms with van der Waals surface area (Å²) < 4.78 is 0. The third kappa shape index (κ3) is 2.28. The molecule has 0 saturated carbocycles. The smallest absolute Gasteiger partial charge is 0.261 e. The lowest BCUT2D eigenvalue weighted by molar-refractivity contribution is 0.0654. The highest BCUT2D eigenvalue weighted by atomic mass is 16.2. The quantitative estimate of drug-likeness (QED) is 0.848. The van der Waals surface area contributed by atoms with Crippen molar-refractivity contribution >= 4 is 29.3 Å². The van der Waals surface area contributed by atoms with Crippen LogP contribution in [0.2, 0.25) is 0 Å². The lowest BCUT2D eigenvalue weighted by Crippen LogP contribution is -2.34. The van der Waals surface area contributed by atoms with Gasteiger partial charge in [0.05, 0.1) is 22.3 Å². The number of hydrogen-bond acceptors (Lipinski definition) is 5. The fourth-order valence-corrected chi connectivity index (χ4v) is 3.23. The molecule has 7 nitrogen and oxygen atoms in total. The van der Waals surface area contributed by atoms with Gasteiger partial charge in [-0.2, -0.15) is 0 Å². The Morgan fingerprint density at radius 2 is 1.35 bits per heavy atom. The van der Waals surface area contributed by atoms with E-state index in [0.29, 0.717) is 34.5 Å². The third-order valence-corrected chi connectivity index (χ3v) is 4.63. The molecule has 0 bridgehead atoms. The number of fused-ring (bicyclic) bond motifs is 2. The monoisotopic (exact) mass is 349 g/mol. The second kappa shape index (κ2) is 5.80. The average Bonchev–Trinajstić information content (AvgIpc) is 3.03. The van der Waals surface area contributed by atoms with Crippen molar-refractivity contribution < 1.29 is 19.2 Å². The molecule has 7 heteroatoms. The summed E-state index contributed by atoms with van der Waals surface area (Å²) in [4.78, 5) is 50.8. The van der Waals surface area contributed by atoms with Gasteiger partial charge in [0.25, 0.3) is 23.6 Å². The summed E-state index contributed by atoms with van der Waals surface area (Å²) >= 11 is 0. The van der Waals surface area contributed by atoms with Crippen LogP contribution < -0.4 is 5.32 Å². The Morgan fingerprint density at radius 1 is 0.769 bits per heavy atom. The van der Waals surface area contributed by atoms with Crippen molar-refractivity contribution in [3.8, 4) is 0 Å². The first-order valence-electron chi connectivity index (χ1n) is 8.14. The Kier molecular flexibility index (Phi) is 3.57. The van der Waals surface area contributed by atoms with E-state index in [2.05, 4.69) is 5.32 Å². The number of nitrogens with zero attached hydrogens (tertiary/aromatic N) is 2. The number of rotatable bonds is 4. The van der Waals surface area contributed by atoms with Gasteiger partial charge in [-0.25, -0.2) is 0 Å². The summed E-state index contributed by atoms with van der Waals surface area (Å²) in [5, 5.41) is 3.09. The van der Waals surface area contributed by atoms with Gasteiger partial charge in [0, 0.05) is 25.8 Å². The SMILES string of the molecule is CN1C(=O)c2ccc(NCCN3C(=O)c4ccccc4C3=O)cc2C1=O. The predicted molar refractivity (Wildman–Crippen MR) is 93.2 cm³/mol. The number of carbonyl (C=O) groups excluding carboxylic acids is 4. The van der Waals surface area contributed by atoms with Crippen LogP contribution in [0.3, 0.4) is 0 Å². The summed E-state index contributed by atoms with van der Waals surface area (Å²) in [5.41, 5.74) is 2.22. The molecule has 0 saturated heterocycles. The van der Waals surface area contributed by atoms with Gasteiger partial charge in [-0.1, -0.05) is 12.1 Å². The normalized spacial score (nSPS) is 15.6. The third-order valence-electron chi connectivity index (χ3n) is 4.63. The lowest BCUT2D eigenvalue weighted by atomic mass is 10.1. The summed E-state index contributed by atoms with van der Waals surface area (Å²) in [6, 6.07) is 11.7. The van der Waals surface area contributed by atoms with Crippen LogP contribution in [-0.2, 0) is 0 Å². The van der Waals surface area contributed by atoms with Crippen LogP contribution in [0.25, 0.3) is 0 Å². The summed E-state index contributed by atoms with van der Waals surface area (Å²) in [6.07, 6.45) is 0. The first kappa shape index (κ1) is 16.0. The Balaban J connectivity index is 1.44. The van der Waals surface area contributed by atoms with Crippen molar-refractivity contribution in [2.75, 3.05) is 25.5 Å². The van der Waals surface area contributed by atoms with Crippen molar-refractivity contribution in [3.05, 3.63) is 64.7 Å². The van der Waals surface area contributed by atoms with E-state index in [4.69, 9.17) is 0 Å². The number of imide groups is 2. The fraction of sp³-hybridized carbons (Fsp3) is 0.158. The Bertz CT molecular complexity index is 947. The van der Waals surface area contributed by atoms with Gasteiger partial charge in [-0.3, -0.25) is 29.0 Å². The number of anilines is 1. The van der Waals surface area contributed by atoms with Gasteiger partial charge in [-0.15, -0.1) is 0 Å². The van der Waals surface area contributed by atoms with E-state index in [-0.39, 0.29) is 30.2 Å². The molecule has 2 aromatic rings. The maximum absolute atomic E-state index is 12.3. The first-order valence-corrected chi connectivity index (χ1v) is 8.14. The van der Waals surface area contributed by atoms with E-state index in [1.54, 1.807) is 42.5 Å². The molecule has 2 aliphatic heterocycles. The van der Waals surface area contributed by atoms with E-state index in [1.165, 1.54) is 11.9 Å². The molecule has 2 heterocycles. The van der Waals surface area contributed by atoms with Crippen LogP contribution in [0.1, 0.15) is 41.4 Å². The fourth-order valence-electron chi connectivity index (χ4n) is 3.23. The van der Waals surface area contributed by atoms with Gasteiger partial charge in [0.2, 0.25) is 0 Å². The largest absolute Gasteiger partial charge is 0.383 e. The highest BCUT2D eigenvalue weighted by Gasteiger charge is 2.35. The second-order valence-corrected chi connectivity index (χ2v) is 6.16. The van der Waals surface area contributed by atoms with Gasteiger partial charge < -0.3 is 5.32 Å². The van der Waals surface area contributed by atoms with Gasteiger partial charge >= 0.3 is 0 Å². The molecule has 0 aromatic heterocycles. The Hall–Kier alpha value is -3.48. The molecule has 4 rings (SSSR count). The van der Waals surface area contributed by atoms with Crippen molar-refractivity contribution in [2.24, 2.45) is 0 Å². The minimum absolute atomic E-state index is 0.205. The second-order valence-electron chi connectivity index (χ2n) is 6.16. The minimum atomic E-state index is -0.339. The van der Waals surface area contributed by atoms with Crippen LogP contribution in [0.5, 0.6) is 0 Å². The van der Waals surface area contributed by atoms with Gasteiger partial charge in [0.1, 0.15) is 0 Å². The molecule has 4 amide bonds. The van der Waals surface area contributed by atoms with Crippen molar-refractivity contribution in [1.82, 2.24) is 9.80 Å². The number of benzene rings is 2. The Labute approximate surface area is 149 Å². The molecule has 0 spiro atoms. The molecule has 2 aromatic carbocycles. The van der Waals surface area contributed by atoms with Gasteiger partial charge in [-0.05, 0) is 30.3 Å². The molecule has 0 atom stereocenters. The van der Waals surface area contributed by atoms with Crippen LogP contribution in [-0.4, -0.2) is 53.6 Å². The zero-order valence-electron chi connectivity index (χ0n) is 14.0. The van der Waals surface area contributed by atoms with E-state index in [9.17, 15) is 19.2 Å². The molecule has 2 aliphatic rings. The molecule has 0 radical (unpaired) electrons. The maximum atomic E-state index is 12.3. The van der Waals surface area contributed by atoms with Crippen LogP contribution >= 0.6 is 0 Å². The molecule has 0 unspecified atom stereocenters. The molecular formula is C19H15N3O4. The van der Waals surface area contributed by atoms with Crippen molar-refractivity contribution in [3.63, 3.8) is 0 Å². The van der Waals surface area contributed by atoms with E-state index in [0.717, 1.165) is 4.90 Å². The zero-order valence-corrected chi connectivity index (χ0v) is 14.0. The van der Waals surface area contributed by atoms with Crippen LogP contribution in [0.15, 0.2) is 42.5 Å². The molecule has 0 aliphatic carbocycles. The Morgan fingerprint density at radius 3 is 2.00 bits per heavy atom. The van der Waals surface area contributed by atoms with E-state index >= 15 is 0 Å². The highest BCUT2D eigenvalue weighted by molar-refractivity contribution is 6.22. The van der Waals surface area contributed by atoms with Crippen molar-refractivity contribution in [1.29, 1.82) is 0 Å². The number of carbonyl (C=O) groups is 4. The van der Waals surface area contributed by atoms with Gasteiger partial charge in [0.15, 0.2) is 0 Å². The van der Waals surface area contributed by atoms with Crippen molar-refractivity contribution in [2.45, 2.75) is 0 Å². The van der Waals surface area contributed by atoms with Crippen LogP contribution in [0, 0.1) is 0 Å². The number of nitrogens with one attached hydrogen (secondary N) is 1. The number of hydrogen-bond donors (Lipinski definition) is 1. The molecule has 1 N–H and O–H groups in total. The van der Waals surface area contributed by atoms with E-state index < -0.39 is 0 Å². The first-order chi connectivity index (χ1) is 12.5. The molecule has 0 fully saturated rings. The zero-order chi connectivity index (χ0) is 18.4. The lowest BCUT2D eigenvalue weighted by Gasteiger charge is -2.15. The predicted octanol–water partition coefficient (Wildman–Crippen LogP) is 1.62.